The summed E-state index contributed by atoms with van der Waals surface area (Å²) in [6, 6.07) is 7.11. The molecule has 0 aliphatic carbocycles. The molecule has 126 valence electrons. The van der Waals surface area contributed by atoms with E-state index in [4.69, 9.17) is 9.47 Å². The Morgan fingerprint density at radius 1 is 1.21 bits per heavy atom. The molecule has 1 aliphatic rings. The summed E-state index contributed by atoms with van der Waals surface area (Å²) in [6.45, 7) is 2.57. The predicted molar refractivity (Wildman–Crippen MR) is 89.3 cm³/mol. The molecule has 1 aliphatic heterocycles. The molecule has 1 aromatic heterocycles. The van der Waals surface area contributed by atoms with Crippen LogP contribution in [0.5, 0.6) is 11.5 Å². The Morgan fingerprint density at radius 2 is 1.92 bits per heavy atom. The third-order valence-electron chi connectivity index (χ3n) is 4.25. The van der Waals surface area contributed by atoms with Crippen LogP contribution in [0.3, 0.4) is 0 Å². The van der Waals surface area contributed by atoms with E-state index in [2.05, 4.69) is 9.97 Å². The number of methoxy groups -OCH3 is 2. The zero-order valence-electron chi connectivity index (χ0n) is 14.2. The minimum atomic E-state index is -0.0361. The number of aryl methyl sites for hydroxylation is 1. The largest absolute Gasteiger partial charge is 0.497 e. The maximum absolute atomic E-state index is 13.0. The summed E-state index contributed by atoms with van der Waals surface area (Å²) in [5.74, 6) is 1.89. The molecule has 2 aromatic rings. The van der Waals surface area contributed by atoms with Crippen LogP contribution in [0, 0.1) is 6.92 Å². The van der Waals surface area contributed by atoms with E-state index in [0.29, 0.717) is 23.6 Å². The molecule has 0 bridgehead atoms. The van der Waals surface area contributed by atoms with Gasteiger partial charge in [0, 0.05) is 24.4 Å². The highest BCUT2D eigenvalue weighted by Crippen LogP contribution is 2.33. The third-order valence-corrected chi connectivity index (χ3v) is 4.25. The molecule has 0 radical (unpaired) electrons. The lowest BCUT2D eigenvalue weighted by atomic mass is 10.1. The first-order chi connectivity index (χ1) is 11.6. The molecule has 0 saturated carbocycles. The van der Waals surface area contributed by atoms with Crippen LogP contribution in [-0.4, -0.2) is 41.5 Å². The van der Waals surface area contributed by atoms with E-state index < -0.39 is 0 Å². The van der Waals surface area contributed by atoms with Crippen LogP contribution in [0.25, 0.3) is 0 Å². The average molecular weight is 327 g/mol. The number of aromatic nitrogens is 2. The van der Waals surface area contributed by atoms with Crippen molar-refractivity contribution < 1.29 is 14.3 Å². The summed E-state index contributed by atoms with van der Waals surface area (Å²) in [5.41, 5.74) is 1.45. The summed E-state index contributed by atoms with van der Waals surface area (Å²) in [4.78, 5) is 23.5. The molecule has 3 rings (SSSR count). The van der Waals surface area contributed by atoms with Gasteiger partial charge in [-0.1, -0.05) is 0 Å². The van der Waals surface area contributed by atoms with E-state index in [9.17, 15) is 4.79 Å². The highest BCUT2D eigenvalue weighted by atomic mass is 16.5. The molecule has 1 unspecified atom stereocenters. The highest BCUT2D eigenvalue weighted by Gasteiger charge is 2.32. The number of carbonyl (C=O) groups excluding carboxylic acids is 1. The Labute approximate surface area is 141 Å². The van der Waals surface area contributed by atoms with Crippen molar-refractivity contribution in [1.29, 1.82) is 0 Å². The molecule has 6 nitrogen and oxygen atoms in total. The lowest BCUT2D eigenvalue weighted by Gasteiger charge is -2.25. The van der Waals surface area contributed by atoms with Gasteiger partial charge in [0.15, 0.2) is 0 Å². The number of benzene rings is 1. The van der Waals surface area contributed by atoms with Gasteiger partial charge >= 0.3 is 0 Å². The van der Waals surface area contributed by atoms with E-state index in [0.717, 1.165) is 24.4 Å². The minimum Gasteiger partial charge on any atom is -0.497 e. The van der Waals surface area contributed by atoms with Crippen molar-refractivity contribution in [2.75, 3.05) is 20.8 Å². The first kappa shape index (κ1) is 16.2. The van der Waals surface area contributed by atoms with Crippen molar-refractivity contribution in [2.24, 2.45) is 0 Å². The Hall–Kier alpha value is -2.63. The molecular weight excluding hydrogens is 306 g/mol. The Morgan fingerprint density at radius 3 is 2.54 bits per heavy atom. The topological polar surface area (TPSA) is 64.6 Å². The van der Waals surface area contributed by atoms with Crippen LogP contribution in [0.1, 0.15) is 40.8 Å². The third kappa shape index (κ3) is 3.18. The maximum Gasteiger partial charge on any atom is 0.254 e. The number of ether oxygens (including phenoxy) is 2. The molecule has 1 saturated heterocycles. The van der Waals surface area contributed by atoms with Crippen LogP contribution in [0.15, 0.2) is 30.5 Å². The van der Waals surface area contributed by atoms with E-state index in [-0.39, 0.29) is 11.9 Å². The van der Waals surface area contributed by atoms with Crippen molar-refractivity contribution in [2.45, 2.75) is 25.8 Å². The molecular formula is C18H21N3O3. The lowest BCUT2D eigenvalue weighted by Crippen LogP contribution is -2.31. The van der Waals surface area contributed by atoms with Gasteiger partial charge in [0.1, 0.15) is 17.3 Å². The second kappa shape index (κ2) is 6.86. The fourth-order valence-corrected chi connectivity index (χ4v) is 3.07. The van der Waals surface area contributed by atoms with Gasteiger partial charge in [-0.3, -0.25) is 4.79 Å². The summed E-state index contributed by atoms with van der Waals surface area (Å²) >= 11 is 0. The zero-order valence-corrected chi connectivity index (χ0v) is 14.2. The van der Waals surface area contributed by atoms with E-state index in [1.807, 2.05) is 17.9 Å². The van der Waals surface area contributed by atoms with E-state index in [1.165, 1.54) is 0 Å². The van der Waals surface area contributed by atoms with Gasteiger partial charge in [-0.05, 0) is 38.0 Å². The summed E-state index contributed by atoms with van der Waals surface area (Å²) in [6.07, 6.45) is 3.61. The van der Waals surface area contributed by atoms with Crippen molar-refractivity contribution in [1.82, 2.24) is 14.9 Å². The molecule has 0 N–H and O–H groups in total. The summed E-state index contributed by atoms with van der Waals surface area (Å²) in [7, 11) is 3.15. The normalized spacial score (nSPS) is 17.0. The van der Waals surface area contributed by atoms with Gasteiger partial charge in [-0.15, -0.1) is 0 Å². The summed E-state index contributed by atoms with van der Waals surface area (Å²) < 4.78 is 10.5. The molecule has 1 amide bonds. The van der Waals surface area contributed by atoms with Crippen LogP contribution in [0.2, 0.25) is 0 Å². The van der Waals surface area contributed by atoms with Crippen LogP contribution < -0.4 is 9.47 Å². The van der Waals surface area contributed by atoms with Crippen LogP contribution >= 0.6 is 0 Å². The quantitative estimate of drug-likeness (QED) is 0.864. The van der Waals surface area contributed by atoms with E-state index in [1.54, 1.807) is 38.6 Å². The van der Waals surface area contributed by atoms with Gasteiger partial charge < -0.3 is 14.4 Å². The number of hydrogen-bond donors (Lipinski definition) is 0. The number of nitrogens with zero attached hydrogens (tertiary/aromatic N) is 3. The number of amides is 1. The molecule has 2 heterocycles. The van der Waals surface area contributed by atoms with Gasteiger partial charge in [0.2, 0.25) is 0 Å². The van der Waals surface area contributed by atoms with Gasteiger partial charge in [-0.25, -0.2) is 9.97 Å². The SMILES string of the molecule is COc1cc(OC)cc(C(=O)N2CCCC2c2ccnc(C)n2)c1. The predicted octanol–water partition coefficient (Wildman–Crippen LogP) is 2.78. The van der Waals surface area contributed by atoms with Crippen molar-refractivity contribution >= 4 is 5.91 Å². The first-order valence-electron chi connectivity index (χ1n) is 7.96. The Bertz CT molecular complexity index is 726. The number of hydrogen-bond acceptors (Lipinski definition) is 5. The second-order valence-corrected chi connectivity index (χ2v) is 5.79. The monoisotopic (exact) mass is 327 g/mol. The van der Waals surface area contributed by atoms with Gasteiger partial charge in [-0.2, -0.15) is 0 Å². The smallest absolute Gasteiger partial charge is 0.254 e. The number of rotatable bonds is 4. The second-order valence-electron chi connectivity index (χ2n) is 5.79. The number of likely N-dealkylation sites (tertiary alicyclic amines) is 1. The fraction of sp³-hybridized carbons (Fsp3) is 0.389. The standard InChI is InChI=1S/C18H21N3O3/c1-12-19-7-6-16(20-12)17-5-4-8-21(17)18(22)13-9-14(23-2)11-15(10-13)24-3/h6-7,9-11,17H,4-5,8H2,1-3H3. The Kier molecular flexibility index (Phi) is 4.64. The average Bonchev–Trinajstić information content (AvgIpc) is 3.10. The molecule has 0 spiro atoms. The zero-order chi connectivity index (χ0) is 17.1. The molecule has 1 atom stereocenters. The minimum absolute atomic E-state index is 0.0172. The molecule has 1 fully saturated rings. The fourth-order valence-electron chi connectivity index (χ4n) is 3.07. The lowest BCUT2D eigenvalue weighted by molar-refractivity contribution is 0.0732. The maximum atomic E-state index is 13.0. The van der Waals surface area contributed by atoms with Gasteiger partial charge in [0.05, 0.1) is 26.0 Å². The first-order valence-corrected chi connectivity index (χ1v) is 7.96. The van der Waals surface area contributed by atoms with Crippen LogP contribution in [-0.2, 0) is 0 Å². The molecule has 6 heteroatoms. The van der Waals surface area contributed by atoms with Crippen molar-refractivity contribution in [3.8, 4) is 11.5 Å². The van der Waals surface area contributed by atoms with Crippen molar-refractivity contribution in [3.63, 3.8) is 0 Å². The molecule has 1 aromatic carbocycles. The van der Waals surface area contributed by atoms with Gasteiger partial charge in [0.25, 0.3) is 5.91 Å². The number of carbonyl (C=O) groups is 1. The van der Waals surface area contributed by atoms with Crippen molar-refractivity contribution in [3.05, 3.63) is 47.5 Å². The molecule has 24 heavy (non-hydrogen) atoms. The van der Waals surface area contributed by atoms with Crippen LogP contribution in [0.4, 0.5) is 0 Å². The highest BCUT2D eigenvalue weighted by molar-refractivity contribution is 5.95. The van der Waals surface area contributed by atoms with E-state index >= 15 is 0 Å². The Balaban J connectivity index is 1.91. The summed E-state index contributed by atoms with van der Waals surface area (Å²) in [5, 5.41) is 0.